The van der Waals surface area contributed by atoms with Crippen LogP contribution in [0, 0.1) is 12.7 Å². The molecule has 7 nitrogen and oxygen atoms in total. The Morgan fingerprint density at radius 3 is 2.58 bits per heavy atom. The molecule has 1 aliphatic heterocycles. The van der Waals surface area contributed by atoms with Crippen LogP contribution in [0.4, 0.5) is 28.9 Å². The van der Waals surface area contributed by atoms with Gasteiger partial charge in [-0.25, -0.2) is 12.8 Å². The number of anilines is 2. The van der Waals surface area contributed by atoms with Gasteiger partial charge in [-0.05, 0) is 48.6 Å². The predicted octanol–water partition coefficient (Wildman–Crippen LogP) is 5.26. The Kier molecular flexibility index (Phi) is 9.32. The first-order valence-electron chi connectivity index (χ1n) is 12.8. The molecule has 0 saturated heterocycles. The quantitative estimate of drug-likeness (QED) is 0.261. The zero-order valence-corrected chi connectivity index (χ0v) is 23.1. The van der Waals surface area contributed by atoms with E-state index in [-0.39, 0.29) is 18.8 Å². The summed E-state index contributed by atoms with van der Waals surface area (Å²) < 4.78 is 86.6. The highest BCUT2D eigenvalue weighted by Gasteiger charge is 2.51. The molecule has 0 bridgehead atoms. The summed E-state index contributed by atoms with van der Waals surface area (Å²) >= 11 is 0. The number of sulfonamides is 1. The molecule has 4 rings (SSSR count). The third-order valence-corrected chi connectivity index (χ3v) is 8.53. The summed E-state index contributed by atoms with van der Waals surface area (Å²) in [5, 5.41) is 2.96. The Morgan fingerprint density at radius 1 is 1.12 bits per heavy atom. The van der Waals surface area contributed by atoms with Crippen molar-refractivity contribution in [2.75, 3.05) is 37.0 Å². The predicted molar refractivity (Wildman–Crippen MR) is 146 cm³/mol. The van der Waals surface area contributed by atoms with Crippen molar-refractivity contribution < 1.29 is 30.7 Å². The molecule has 1 aromatic heterocycles. The molecule has 1 aliphatic rings. The Morgan fingerprint density at radius 2 is 1.88 bits per heavy atom. The van der Waals surface area contributed by atoms with Crippen LogP contribution in [0.5, 0.6) is 0 Å². The minimum atomic E-state index is -5.60. The van der Waals surface area contributed by atoms with Crippen LogP contribution in [0.1, 0.15) is 28.8 Å². The molecule has 0 amide bonds. The zero-order valence-electron chi connectivity index (χ0n) is 22.3. The second-order valence-electron chi connectivity index (χ2n) is 9.70. The molecule has 0 radical (unpaired) electrons. The minimum absolute atomic E-state index is 0.134. The van der Waals surface area contributed by atoms with Crippen LogP contribution in [0.3, 0.4) is 0 Å². The SMILES string of the molecule is COCCNc1cc(CN2c3cccc(C)c3CN(S(=O)(=O)C(F)(F)F)CC2CCc2ccccc2)ncc1F. The van der Waals surface area contributed by atoms with E-state index in [0.29, 0.717) is 52.8 Å². The van der Waals surface area contributed by atoms with Gasteiger partial charge in [-0.3, -0.25) is 4.98 Å². The van der Waals surface area contributed by atoms with Crippen molar-refractivity contribution in [3.05, 3.63) is 89.0 Å². The van der Waals surface area contributed by atoms with Crippen molar-refractivity contribution in [3.8, 4) is 0 Å². The highest BCUT2D eigenvalue weighted by molar-refractivity contribution is 7.89. The molecule has 0 fully saturated rings. The lowest BCUT2D eigenvalue weighted by Gasteiger charge is -2.34. The number of nitrogens with one attached hydrogen (secondary N) is 1. The summed E-state index contributed by atoms with van der Waals surface area (Å²) in [6, 6.07) is 15.7. The van der Waals surface area contributed by atoms with Gasteiger partial charge in [0.1, 0.15) is 0 Å². The zero-order chi connectivity index (χ0) is 28.9. The number of nitrogens with zero attached hydrogens (tertiary/aromatic N) is 3. The molecule has 216 valence electrons. The van der Waals surface area contributed by atoms with Crippen LogP contribution in [0.2, 0.25) is 0 Å². The van der Waals surface area contributed by atoms with Gasteiger partial charge in [0.25, 0.3) is 0 Å². The summed E-state index contributed by atoms with van der Waals surface area (Å²) in [7, 11) is -4.07. The number of aromatic nitrogens is 1. The summed E-state index contributed by atoms with van der Waals surface area (Å²) in [4.78, 5) is 6.15. The maximum Gasteiger partial charge on any atom is 0.511 e. The van der Waals surface area contributed by atoms with Crippen molar-refractivity contribution in [1.29, 1.82) is 0 Å². The Bertz CT molecular complexity index is 1400. The number of halogens is 4. The Labute approximate surface area is 231 Å². The lowest BCUT2D eigenvalue weighted by Crippen LogP contribution is -2.47. The first-order valence-corrected chi connectivity index (χ1v) is 14.3. The van der Waals surface area contributed by atoms with E-state index in [1.807, 2.05) is 35.2 Å². The third kappa shape index (κ3) is 6.73. The van der Waals surface area contributed by atoms with Crippen molar-refractivity contribution >= 4 is 21.4 Å². The summed E-state index contributed by atoms with van der Waals surface area (Å²) in [5.74, 6) is -0.546. The standard InChI is InChI=1S/C28H32F4N4O3S/c1-20-7-6-10-27-24(20)19-35(40(37,38)28(30,31)32)18-23(12-11-21-8-4-3-5-9-21)36(27)17-22-15-26(25(29)16-34-22)33-13-14-39-2/h3-10,15-16,23H,11-14,17-19H2,1-2H3,(H,33,34). The van der Waals surface area contributed by atoms with Gasteiger partial charge in [-0.15, -0.1) is 0 Å². The topological polar surface area (TPSA) is 74.8 Å². The molecule has 2 aromatic carbocycles. The number of hydrogen-bond acceptors (Lipinski definition) is 6. The number of methoxy groups -OCH3 is 1. The van der Waals surface area contributed by atoms with Crippen LogP contribution in [-0.2, 0) is 34.3 Å². The van der Waals surface area contributed by atoms with Crippen LogP contribution < -0.4 is 10.2 Å². The highest BCUT2D eigenvalue weighted by Crippen LogP contribution is 2.37. The monoisotopic (exact) mass is 580 g/mol. The molecule has 0 aliphatic carbocycles. The fourth-order valence-electron chi connectivity index (χ4n) is 4.87. The molecule has 3 aromatic rings. The summed E-state index contributed by atoms with van der Waals surface area (Å²) in [5.41, 5.74) is -1.98. The fourth-order valence-corrected chi connectivity index (χ4v) is 5.83. The van der Waals surface area contributed by atoms with Gasteiger partial charge in [-0.2, -0.15) is 17.5 Å². The number of benzene rings is 2. The molecule has 12 heteroatoms. The highest BCUT2D eigenvalue weighted by atomic mass is 32.2. The average molecular weight is 581 g/mol. The lowest BCUT2D eigenvalue weighted by molar-refractivity contribution is -0.0492. The molecular weight excluding hydrogens is 548 g/mol. The number of alkyl halides is 3. The van der Waals surface area contributed by atoms with Gasteiger partial charge >= 0.3 is 15.5 Å². The van der Waals surface area contributed by atoms with E-state index in [0.717, 1.165) is 11.8 Å². The Balaban J connectivity index is 1.76. The van der Waals surface area contributed by atoms with E-state index >= 15 is 0 Å². The number of pyridine rings is 1. The molecule has 2 heterocycles. The molecule has 0 saturated carbocycles. The smallest absolute Gasteiger partial charge is 0.383 e. The number of rotatable bonds is 10. The van der Waals surface area contributed by atoms with Crippen molar-refractivity contribution in [2.45, 2.75) is 44.4 Å². The first-order chi connectivity index (χ1) is 19.0. The van der Waals surface area contributed by atoms with Gasteiger partial charge in [-0.1, -0.05) is 42.5 Å². The Hall–Kier alpha value is -3.22. The van der Waals surface area contributed by atoms with Gasteiger partial charge < -0.3 is 15.0 Å². The van der Waals surface area contributed by atoms with E-state index in [1.54, 1.807) is 31.2 Å². The molecule has 1 atom stereocenters. The second-order valence-corrected chi connectivity index (χ2v) is 11.6. The molecule has 0 spiro atoms. The largest absolute Gasteiger partial charge is 0.511 e. The third-order valence-electron chi connectivity index (χ3n) is 6.99. The minimum Gasteiger partial charge on any atom is -0.383 e. The fraction of sp³-hybridized carbons (Fsp3) is 0.393. The normalized spacial score (nSPS) is 16.4. The number of fused-ring (bicyclic) bond motifs is 1. The average Bonchev–Trinajstić information content (AvgIpc) is 3.07. The molecule has 1 unspecified atom stereocenters. The summed E-state index contributed by atoms with van der Waals surface area (Å²) in [6.45, 7) is 1.82. The number of ether oxygens (including phenoxy) is 1. The number of hydrogen-bond donors (Lipinski definition) is 1. The van der Waals surface area contributed by atoms with Crippen LogP contribution >= 0.6 is 0 Å². The molecule has 40 heavy (non-hydrogen) atoms. The second kappa shape index (κ2) is 12.5. The van der Waals surface area contributed by atoms with E-state index < -0.39 is 33.9 Å². The maximum atomic E-state index is 14.5. The molecular formula is C28H32F4N4O3S. The lowest BCUT2D eigenvalue weighted by atomic mass is 10.0. The van der Waals surface area contributed by atoms with Crippen molar-refractivity contribution in [2.24, 2.45) is 0 Å². The van der Waals surface area contributed by atoms with Crippen LogP contribution in [0.15, 0.2) is 60.8 Å². The van der Waals surface area contributed by atoms with Gasteiger partial charge in [0.15, 0.2) is 5.82 Å². The van der Waals surface area contributed by atoms with Crippen molar-refractivity contribution in [1.82, 2.24) is 9.29 Å². The number of aryl methyl sites for hydroxylation is 2. The van der Waals surface area contributed by atoms with Crippen LogP contribution in [0.25, 0.3) is 0 Å². The van der Waals surface area contributed by atoms with E-state index in [1.165, 1.54) is 7.11 Å². The maximum absolute atomic E-state index is 14.5. The van der Waals surface area contributed by atoms with Gasteiger partial charge in [0.2, 0.25) is 0 Å². The van der Waals surface area contributed by atoms with E-state index in [9.17, 15) is 26.0 Å². The van der Waals surface area contributed by atoms with Crippen molar-refractivity contribution in [3.63, 3.8) is 0 Å². The summed E-state index contributed by atoms with van der Waals surface area (Å²) in [6.07, 6.45) is 1.99. The van der Waals surface area contributed by atoms with Gasteiger partial charge in [0.05, 0.1) is 30.7 Å². The van der Waals surface area contributed by atoms with E-state index in [4.69, 9.17) is 4.74 Å². The molecule has 1 N–H and O–H groups in total. The van der Waals surface area contributed by atoms with Crippen LogP contribution in [-0.4, -0.2) is 56.1 Å². The van der Waals surface area contributed by atoms with E-state index in [2.05, 4.69) is 10.3 Å². The first kappa shape index (κ1) is 29.8. The van der Waals surface area contributed by atoms with Gasteiger partial charge in [0, 0.05) is 38.5 Å².